The highest BCUT2D eigenvalue weighted by Gasteiger charge is 2.19. The van der Waals surface area contributed by atoms with E-state index in [1.807, 2.05) is 62.4 Å². The lowest BCUT2D eigenvalue weighted by Gasteiger charge is -2.25. The number of benzene rings is 1. The number of urea groups is 1. The molecule has 0 spiro atoms. The minimum atomic E-state index is -0.191. The molecule has 0 aliphatic carbocycles. The molecule has 5 heteroatoms. The number of nitrogens with one attached hydrogen (secondary N) is 1. The van der Waals surface area contributed by atoms with Crippen LogP contribution < -0.4 is 5.32 Å². The Kier molecular flexibility index (Phi) is 4.42. The number of carbonyl (C=O) groups excluding carboxylic acids is 1. The number of pyridine rings is 2. The topological polar surface area (TPSA) is 58.1 Å². The molecule has 24 heavy (non-hydrogen) atoms. The van der Waals surface area contributed by atoms with Gasteiger partial charge >= 0.3 is 6.03 Å². The normalized spacial score (nSPS) is 12.0. The van der Waals surface area contributed by atoms with Crippen molar-refractivity contribution in [1.82, 2.24) is 14.9 Å². The standard InChI is InChI=1S/C19H20N4O/c1-13-10-11-15-7-6-9-17(18(15)21-13)22-19(24)23(3)14(2)16-8-4-5-12-20-16/h4-12,14H,1-3H3,(H,22,24)/t14-/m0/s1. The second-order valence-electron chi connectivity index (χ2n) is 5.80. The predicted octanol–water partition coefficient (Wildman–Crippen LogP) is 4.16. The number of hydrogen-bond donors (Lipinski definition) is 1. The minimum Gasteiger partial charge on any atom is -0.319 e. The smallest absolute Gasteiger partial charge is 0.319 e. The molecule has 122 valence electrons. The molecule has 0 aliphatic rings. The van der Waals surface area contributed by atoms with Gasteiger partial charge in [0, 0.05) is 24.3 Å². The van der Waals surface area contributed by atoms with Crippen LogP contribution in [-0.2, 0) is 0 Å². The second-order valence-corrected chi connectivity index (χ2v) is 5.80. The quantitative estimate of drug-likeness (QED) is 0.788. The van der Waals surface area contributed by atoms with Gasteiger partial charge in [-0.25, -0.2) is 4.79 Å². The fraction of sp³-hybridized carbons (Fsp3) is 0.211. The van der Waals surface area contributed by atoms with Gasteiger partial charge in [-0.2, -0.15) is 0 Å². The van der Waals surface area contributed by atoms with Crippen molar-refractivity contribution in [3.05, 3.63) is 66.1 Å². The van der Waals surface area contributed by atoms with Gasteiger partial charge in [-0.1, -0.05) is 24.3 Å². The average Bonchev–Trinajstić information content (AvgIpc) is 2.61. The number of aromatic nitrogens is 2. The van der Waals surface area contributed by atoms with Crippen LogP contribution >= 0.6 is 0 Å². The number of anilines is 1. The third-order valence-corrected chi connectivity index (χ3v) is 4.12. The third-order valence-electron chi connectivity index (χ3n) is 4.12. The molecule has 0 aliphatic heterocycles. The molecule has 0 fully saturated rings. The fourth-order valence-electron chi connectivity index (χ4n) is 2.55. The first-order valence-electron chi connectivity index (χ1n) is 7.87. The highest BCUT2D eigenvalue weighted by Crippen LogP contribution is 2.23. The van der Waals surface area contributed by atoms with E-state index in [1.54, 1.807) is 18.1 Å². The maximum atomic E-state index is 12.6. The summed E-state index contributed by atoms with van der Waals surface area (Å²) < 4.78 is 0. The molecule has 1 atom stereocenters. The monoisotopic (exact) mass is 320 g/mol. The zero-order chi connectivity index (χ0) is 17.1. The van der Waals surface area contributed by atoms with Crippen LogP contribution in [0.5, 0.6) is 0 Å². The zero-order valence-corrected chi connectivity index (χ0v) is 14.0. The molecule has 0 unspecified atom stereocenters. The number of carbonyl (C=O) groups is 1. The number of rotatable bonds is 3. The van der Waals surface area contributed by atoms with Crippen LogP contribution in [-0.4, -0.2) is 27.9 Å². The number of fused-ring (bicyclic) bond motifs is 1. The summed E-state index contributed by atoms with van der Waals surface area (Å²) in [6.45, 7) is 3.89. The van der Waals surface area contributed by atoms with Crippen molar-refractivity contribution in [3.8, 4) is 0 Å². The largest absolute Gasteiger partial charge is 0.322 e. The van der Waals surface area contributed by atoms with Crippen LogP contribution in [0.3, 0.4) is 0 Å². The molecular formula is C19H20N4O. The summed E-state index contributed by atoms with van der Waals surface area (Å²) in [5, 5.41) is 3.96. The first kappa shape index (κ1) is 15.9. The number of nitrogens with zero attached hydrogens (tertiary/aromatic N) is 3. The van der Waals surface area contributed by atoms with Gasteiger partial charge < -0.3 is 10.2 Å². The van der Waals surface area contributed by atoms with E-state index in [4.69, 9.17) is 0 Å². The van der Waals surface area contributed by atoms with E-state index >= 15 is 0 Å². The summed E-state index contributed by atoms with van der Waals surface area (Å²) >= 11 is 0. The van der Waals surface area contributed by atoms with Crippen molar-refractivity contribution >= 4 is 22.6 Å². The average molecular weight is 320 g/mol. The van der Waals surface area contributed by atoms with Gasteiger partial charge in [-0.05, 0) is 38.1 Å². The Morgan fingerprint density at radius 2 is 1.96 bits per heavy atom. The van der Waals surface area contributed by atoms with Gasteiger partial charge in [0.25, 0.3) is 0 Å². The van der Waals surface area contributed by atoms with Crippen molar-refractivity contribution in [3.63, 3.8) is 0 Å². The maximum absolute atomic E-state index is 12.6. The Balaban J connectivity index is 1.83. The zero-order valence-electron chi connectivity index (χ0n) is 14.0. The summed E-state index contributed by atoms with van der Waals surface area (Å²) in [7, 11) is 1.76. The molecule has 0 saturated carbocycles. The van der Waals surface area contributed by atoms with Crippen LogP contribution in [0.4, 0.5) is 10.5 Å². The summed E-state index contributed by atoms with van der Waals surface area (Å²) in [6.07, 6.45) is 1.73. The van der Waals surface area contributed by atoms with Crippen LogP contribution in [0.1, 0.15) is 24.4 Å². The molecule has 0 radical (unpaired) electrons. The van der Waals surface area contributed by atoms with Crippen molar-refractivity contribution in [2.24, 2.45) is 0 Å². The van der Waals surface area contributed by atoms with Gasteiger partial charge in [0.1, 0.15) is 0 Å². The minimum absolute atomic E-state index is 0.129. The van der Waals surface area contributed by atoms with Crippen molar-refractivity contribution in [2.45, 2.75) is 19.9 Å². The first-order valence-corrected chi connectivity index (χ1v) is 7.87. The molecule has 1 N–H and O–H groups in total. The third kappa shape index (κ3) is 3.20. The van der Waals surface area contributed by atoms with E-state index in [0.717, 1.165) is 22.3 Å². The summed E-state index contributed by atoms with van der Waals surface area (Å²) in [4.78, 5) is 23.1. The molecule has 3 aromatic rings. The van der Waals surface area contributed by atoms with E-state index in [0.29, 0.717) is 5.69 Å². The molecule has 5 nitrogen and oxygen atoms in total. The number of hydrogen-bond acceptors (Lipinski definition) is 3. The van der Waals surface area contributed by atoms with Gasteiger partial charge in [0.15, 0.2) is 0 Å². The van der Waals surface area contributed by atoms with Gasteiger partial charge in [0.05, 0.1) is 22.9 Å². The van der Waals surface area contributed by atoms with E-state index in [1.165, 1.54) is 0 Å². The Labute approximate surface area is 141 Å². The molecule has 0 bridgehead atoms. The number of amides is 2. The highest BCUT2D eigenvalue weighted by atomic mass is 16.2. The summed E-state index contributed by atoms with van der Waals surface area (Å²) in [5.41, 5.74) is 3.27. The summed E-state index contributed by atoms with van der Waals surface area (Å²) in [5.74, 6) is 0. The van der Waals surface area contributed by atoms with Crippen molar-refractivity contribution in [1.29, 1.82) is 0 Å². The molecule has 1 aromatic carbocycles. The summed E-state index contributed by atoms with van der Waals surface area (Å²) in [6, 6.07) is 15.1. The number of para-hydroxylation sites is 1. The molecule has 2 heterocycles. The Bertz CT molecular complexity index is 864. The number of aryl methyl sites for hydroxylation is 1. The predicted molar refractivity (Wildman–Crippen MR) is 95.9 cm³/mol. The Morgan fingerprint density at radius 1 is 1.12 bits per heavy atom. The van der Waals surface area contributed by atoms with Gasteiger partial charge in [-0.15, -0.1) is 0 Å². The molecule has 0 saturated heterocycles. The molecule has 2 amide bonds. The maximum Gasteiger partial charge on any atom is 0.322 e. The van der Waals surface area contributed by atoms with E-state index < -0.39 is 0 Å². The van der Waals surface area contributed by atoms with E-state index in [-0.39, 0.29) is 12.1 Å². The second kappa shape index (κ2) is 6.66. The van der Waals surface area contributed by atoms with Crippen LogP contribution in [0.2, 0.25) is 0 Å². The lowest BCUT2D eigenvalue weighted by molar-refractivity contribution is 0.207. The van der Waals surface area contributed by atoms with Gasteiger partial charge in [-0.3, -0.25) is 9.97 Å². The van der Waals surface area contributed by atoms with Crippen LogP contribution in [0.15, 0.2) is 54.7 Å². The Hall–Kier alpha value is -2.95. The van der Waals surface area contributed by atoms with E-state index in [9.17, 15) is 4.79 Å². The highest BCUT2D eigenvalue weighted by molar-refractivity contribution is 5.99. The van der Waals surface area contributed by atoms with Crippen LogP contribution in [0.25, 0.3) is 10.9 Å². The Morgan fingerprint density at radius 3 is 2.71 bits per heavy atom. The van der Waals surface area contributed by atoms with E-state index in [2.05, 4.69) is 15.3 Å². The van der Waals surface area contributed by atoms with Crippen molar-refractivity contribution in [2.75, 3.05) is 12.4 Å². The lowest BCUT2D eigenvalue weighted by atomic mass is 10.1. The SMILES string of the molecule is Cc1ccc2cccc(NC(=O)N(C)[C@@H](C)c3ccccn3)c2n1. The molecular weight excluding hydrogens is 300 g/mol. The lowest BCUT2D eigenvalue weighted by Crippen LogP contribution is -2.34. The molecule has 3 rings (SSSR count). The molecule has 2 aromatic heterocycles. The van der Waals surface area contributed by atoms with Crippen molar-refractivity contribution < 1.29 is 4.79 Å². The fourth-order valence-corrected chi connectivity index (χ4v) is 2.55. The first-order chi connectivity index (χ1) is 11.6. The van der Waals surface area contributed by atoms with Gasteiger partial charge in [0.2, 0.25) is 0 Å². The van der Waals surface area contributed by atoms with Crippen LogP contribution in [0, 0.1) is 6.92 Å².